The number of aliphatic hydroxyl groups is 2. The first-order valence-electron chi connectivity index (χ1n) is 10.0. The van der Waals surface area contributed by atoms with E-state index in [1.807, 2.05) is 19.9 Å². The van der Waals surface area contributed by atoms with Crippen molar-refractivity contribution >= 4 is 0 Å². The molecule has 2 fully saturated rings. The Morgan fingerprint density at radius 3 is 2.59 bits per heavy atom. The standard InChI is InChI=1S/C20H31F2N3O2/c1-12(2)19-23-8-5-14(25-19)9-15-16(11-26)18(27)10-17(15)24-13-3-6-20(21,22)7-4-13/h5,8,12-13,15-18,24,26-27H,3-4,6-7,9-11H2,1-2H3/t15-,16-,17-,18-/m1/s1. The number of hydrogen-bond donors (Lipinski definition) is 3. The van der Waals surface area contributed by atoms with Gasteiger partial charge in [0.25, 0.3) is 0 Å². The normalized spacial score (nSPS) is 31.5. The molecule has 2 saturated carbocycles. The molecular formula is C20H31F2N3O2. The number of nitrogens with one attached hydrogen (secondary N) is 1. The van der Waals surface area contributed by atoms with Crippen molar-refractivity contribution in [1.82, 2.24) is 15.3 Å². The van der Waals surface area contributed by atoms with Gasteiger partial charge in [-0.25, -0.2) is 18.7 Å². The number of halogens is 2. The summed E-state index contributed by atoms with van der Waals surface area (Å²) in [7, 11) is 0. The molecule has 7 heteroatoms. The zero-order valence-electron chi connectivity index (χ0n) is 16.1. The van der Waals surface area contributed by atoms with Gasteiger partial charge >= 0.3 is 0 Å². The number of rotatable bonds is 6. The van der Waals surface area contributed by atoms with E-state index in [1.165, 1.54) is 0 Å². The van der Waals surface area contributed by atoms with Gasteiger partial charge in [0.2, 0.25) is 5.92 Å². The molecule has 0 saturated heterocycles. The van der Waals surface area contributed by atoms with E-state index in [2.05, 4.69) is 15.3 Å². The highest BCUT2D eigenvalue weighted by molar-refractivity contribution is 5.09. The second kappa shape index (κ2) is 8.45. The highest BCUT2D eigenvalue weighted by atomic mass is 19.3. The predicted molar refractivity (Wildman–Crippen MR) is 98.6 cm³/mol. The third-order valence-electron chi connectivity index (χ3n) is 6.13. The van der Waals surface area contributed by atoms with E-state index in [0.717, 1.165) is 11.5 Å². The largest absolute Gasteiger partial charge is 0.396 e. The molecule has 2 aliphatic carbocycles. The third-order valence-corrected chi connectivity index (χ3v) is 6.13. The van der Waals surface area contributed by atoms with Crippen LogP contribution in [0.2, 0.25) is 0 Å². The first-order chi connectivity index (χ1) is 12.8. The highest BCUT2D eigenvalue weighted by Gasteiger charge is 2.44. The van der Waals surface area contributed by atoms with Gasteiger partial charge in [-0.05, 0) is 37.7 Å². The van der Waals surface area contributed by atoms with Gasteiger partial charge in [0.05, 0.1) is 6.10 Å². The smallest absolute Gasteiger partial charge is 0.248 e. The Labute approximate surface area is 159 Å². The molecule has 2 aliphatic rings. The Bertz CT molecular complexity index is 619. The van der Waals surface area contributed by atoms with Crippen LogP contribution >= 0.6 is 0 Å². The molecule has 0 bridgehead atoms. The molecule has 1 aromatic heterocycles. The zero-order valence-corrected chi connectivity index (χ0v) is 16.1. The minimum atomic E-state index is -2.55. The van der Waals surface area contributed by atoms with Crippen molar-refractivity contribution in [1.29, 1.82) is 0 Å². The molecule has 3 N–H and O–H groups in total. The van der Waals surface area contributed by atoms with E-state index in [4.69, 9.17) is 0 Å². The van der Waals surface area contributed by atoms with E-state index in [-0.39, 0.29) is 49.3 Å². The van der Waals surface area contributed by atoms with Crippen LogP contribution in [0.5, 0.6) is 0 Å². The van der Waals surface area contributed by atoms with Gasteiger partial charge in [-0.3, -0.25) is 0 Å². The molecule has 3 rings (SSSR count). The quantitative estimate of drug-likeness (QED) is 0.704. The molecule has 0 aliphatic heterocycles. The number of alkyl halides is 2. The molecule has 0 radical (unpaired) electrons. The van der Waals surface area contributed by atoms with Gasteiger partial charge < -0.3 is 15.5 Å². The molecule has 5 nitrogen and oxygen atoms in total. The van der Waals surface area contributed by atoms with Crippen LogP contribution in [-0.4, -0.2) is 50.9 Å². The second-order valence-electron chi connectivity index (χ2n) is 8.48. The van der Waals surface area contributed by atoms with Gasteiger partial charge in [0.1, 0.15) is 5.82 Å². The van der Waals surface area contributed by atoms with Crippen LogP contribution < -0.4 is 5.32 Å². The molecule has 4 atom stereocenters. The minimum Gasteiger partial charge on any atom is -0.396 e. The zero-order chi connectivity index (χ0) is 19.6. The summed E-state index contributed by atoms with van der Waals surface area (Å²) < 4.78 is 26.8. The third kappa shape index (κ3) is 5.00. The van der Waals surface area contributed by atoms with Crippen LogP contribution in [0.3, 0.4) is 0 Å². The van der Waals surface area contributed by atoms with Crippen LogP contribution in [0.15, 0.2) is 12.3 Å². The Morgan fingerprint density at radius 1 is 1.26 bits per heavy atom. The van der Waals surface area contributed by atoms with Crippen LogP contribution in [0.25, 0.3) is 0 Å². The molecule has 27 heavy (non-hydrogen) atoms. The summed E-state index contributed by atoms with van der Waals surface area (Å²) in [6.45, 7) is 3.99. The topological polar surface area (TPSA) is 78.3 Å². The molecule has 0 aromatic carbocycles. The average Bonchev–Trinajstić information content (AvgIpc) is 2.91. The number of aliphatic hydroxyl groups excluding tert-OH is 2. The van der Waals surface area contributed by atoms with E-state index in [1.54, 1.807) is 6.20 Å². The molecule has 1 heterocycles. The fourth-order valence-corrected chi connectivity index (χ4v) is 4.49. The maximum atomic E-state index is 13.4. The molecule has 0 amide bonds. The Balaban J connectivity index is 1.70. The monoisotopic (exact) mass is 383 g/mol. The average molecular weight is 383 g/mol. The van der Waals surface area contributed by atoms with Gasteiger partial charge in [-0.2, -0.15) is 0 Å². The van der Waals surface area contributed by atoms with Crippen molar-refractivity contribution < 1.29 is 19.0 Å². The number of hydrogen-bond acceptors (Lipinski definition) is 5. The van der Waals surface area contributed by atoms with E-state index < -0.39 is 12.0 Å². The Hall–Kier alpha value is -1.18. The van der Waals surface area contributed by atoms with Crippen LogP contribution in [-0.2, 0) is 6.42 Å². The Morgan fingerprint density at radius 2 is 1.96 bits per heavy atom. The van der Waals surface area contributed by atoms with Crippen LogP contribution in [0, 0.1) is 11.8 Å². The number of nitrogens with zero attached hydrogens (tertiary/aromatic N) is 2. The maximum Gasteiger partial charge on any atom is 0.248 e. The number of aromatic nitrogens is 2. The molecular weight excluding hydrogens is 352 g/mol. The Kier molecular flexibility index (Phi) is 6.43. The summed E-state index contributed by atoms with van der Waals surface area (Å²) in [5, 5.41) is 23.7. The summed E-state index contributed by atoms with van der Waals surface area (Å²) in [5.74, 6) is -1.75. The fraction of sp³-hybridized carbons (Fsp3) is 0.800. The lowest BCUT2D eigenvalue weighted by atomic mass is 9.87. The van der Waals surface area contributed by atoms with Gasteiger partial charge in [-0.15, -0.1) is 0 Å². The van der Waals surface area contributed by atoms with Crippen LogP contribution in [0.1, 0.15) is 63.4 Å². The molecule has 0 spiro atoms. The predicted octanol–water partition coefficient (Wildman–Crippen LogP) is 2.67. The van der Waals surface area contributed by atoms with Crippen molar-refractivity contribution in [2.45, 2.75) is 82.4 Å². The van der Waals surface area contributed by atoms with Crippen molar-refractivity contribution in [3.05, 3.63) is 23.8 Å². The molecule has 0 unspecified atom stereocenters. The lowest BCUT2D eigenvalue weighted by Gasteiger charge is -2.33. The summed E-state index contributed by atoms with van der Waals surface area (Å²) in [6.07, 6.45) is 3.05. The van der Waals surface area contributed by atoms with Gasteiger partial charge in [0, 0.05) is 55.3 Å². The van der Waals surface area contributed by atoms with E-state index in [0.29, 0.717) is 25.7 Å². The lowest BCUT2D eigenvalue weighted by Crippen LogP contribution is -2.45. The van der Waals surface area contributed by atoms with Crippen LogP contribution in [0.4, 0.5) is 8.78 Å². The van der Waals surface area contributed by atoms with Crippen molar-refractivity contribution in [3.63, 3.8) is 0 Å². The van der Waals surface area contributed by atoms with Crippen molar-refractivity contribution in [2.75, 3.05) is 6.61 Å². The minimum absolute atomic E-state index is 0.00802. The maximum absolute atomic E-state index is 13.4. The SMILES string of the molecule is CC(C)c1nccc(C[C@@H]2[C@@H](CO)[C@H](O)C[C@H]2NC2CCC(F)(F)CC2)n1. The molecule has 1 aromatic rings. The highest BCUT2D eigenvalue weighted by Crippen LogP contribution is 2.38. The van der Waals surface area contributed by atoms with Crippen molar-refractivity contribution in [3.8, 4) is 0 Å². The summed E-state index contributed by atoms with van der Waals surface area (Å²) in [5.41, 5.74) is 0.897. The summed E-state index contributed by atoms with van der Waals surface area (Å²) >= 11 is 0. The van der Waals surface area contributed by atoms with Gasteiger partial charge in [0.15, 0.2) is 0 Å². The second-order valence-corrected chi connectivity index (χ2v) is 8.48. The summed E-state index contributed by atoms with van der Waals surface area (Å²) in [6, 6.07) is 1.91. The molecule has 152 valence electrons. The first-order valence-corrected chi connectivity index (χ1v) is 10.0. The first kappa shape index (κ1) is 20.6. The fourth-order valence-electron chi connectivity index (χ4n) is 4.49. The van der Waals surface area contributed by atoms with Gasteiger partial charge in [-0.1, -0.05) is 13.8 Å². The van der Waals surface area contributed by atoms with Crippen molar-refractivity contribution in [2.24, 2.45) is 11.8 Å². The van der Waals surface area contributed by atoms with E-state index >= 15 is 0 Å². The van der Waals surface area contributed by atoms with E-state index in [9.17, 15) is 19.0 Å². The lowest BCUT2D eigenvalue weighted by molar-refractivity contribution is -0.0417. The summed E-state index contributed by atoms with van der Waals surface area (Å²) in [4.78, 5) is 8.93.